The summed E-state index contributed by atoms with van der Waals surface area (Å²) in [5.74, 6) is 0.479. The van der Waals surface area contributed by atoms with Crippen LogP contribution in [-0.4, -0.2) is 35.3 Å². The van der Waals surface area contributed by atoms with Crippen molar-refractivity contribution in [1.29, 1.82) is 0 Å². The molecule has 0 aromatic carbocycles. The van der Waals surface area contributed by atoms with Gasteiger partial charge in [-0.05, 0) is 37.9 Å². The second-order valence-corrected chi connectivity index (χ2v) is 4.30. The highest BCUT2D eigenvalue weighted by molar-refractivity contribution is 5.92. The maximum absolute atomic E-state index is 11.7. The Hall–Kier alpha value is -1.36. The minimum absolute atomic E-state index is 0.0776. The van der Waals surface area contributed by atoms with Gasteiger partial charge >= 0.3 is 0 Å². The fourth-order valence-electron chi connectivity index (χ4n) is 1.96. The monoisotopic (exact) mass is 222 g/mol. The molecule has 1 aliphatic heterocycles. The number of amides is 1. The van der Waals surface area contributed by atoms with Crippen LogP contribution in [0.2, 0.25) is 0 Å². The molecule has 1 amide bonds. The third kappa shape index (κ3) is 2.82. The number of hydrogen-bond acceptors (Lipinski definition) is 3. The van der Waals surface area contributed by atoms with Gasteiger partial charge in [0, 0.05) is 19.8 Å². The smallest absolute Gasteiger partial charge is 0.271 e. The van der Waals surface area contributed by atoms with Crippen LogP contribution in [0.5, 0.6) is 0 Å². The summed E-state index contributed by atoms with van der Waals surface area (Å²) in [4.78, 5) is 11.7. The summed E-state index contributed by atoms with van der Waals surface area (Å²) < 4.78 is 1.64. The second kappa shape index (κ2) is 5.12. The largest absolute Gasteiger partial charge is 0.350 e. The summed E-state index contributed by atoms with van der Waals surface area (Å²) in [6.07, 6.45) is 4.16. The van der Waals surface area contributed by atoms with Crippen LogP contribution < -0.4 is 10.6 Å². The average Bonchev–Trinajstić information content (AvgIpc) is 2.74. The van der Waals surface area contributed by atoms with E-state index >= 15 is 0 Å². The van der Waals surface area contributed by atoms with Crippen molar-refractivity contribution >= 4 is 5.91 Å². The first kappa shape index (κ1) is 11.1. The lowest BCUT2D eigenvalue weighted by molar-refractivity contribution is 0.0939. The molecule has 88 valence electrons. The topological polar surface area (TPSA) is 59.0 Å². The number of rotatable bonds is 3. The van der Waals surface area contributed by atoms with Crippen molar-refractivity contribution in [3.63, 3.8) is 0 Å². The molecule has 5 heteroatoms. The quantitative estimate of drug-likeness (QED) is 0.765. The SMILES string of the molecule is Cn1ccc(C(=O)NCC2CCCNC2)n1. The van der Waals surface area contributed by atoms with E-state index in [4.69, 9.17) is 0 Å². The Bertz CT molecular complexity index is 355. The van der Waals surface area contributed by atoms with Crippen LogP contribution >= 0.6 is 0 Å². The van der Waals surface area contributed by atoms with E-state index in [0.29, 0.717) is 11.6 Å². The molecule has 1 aromatic heterocycles. The fraction of sp³-hybridized carbons (Fsp3) is 0.636. The van der Waals surface area contributed by atoms with Crippen molar-refractivity contribution in [1.82, 2.24) is 20.4 Å². The molecule has 1 atom stereocenters. The Morgan fingerprint density at radius 1 is 1.75 bits per heavy atom. The van der Waals surface area contributed by atoms with Gasteiger partial charge in [-0.1, -0.05) is 0 Å². The van der Waals surface area contributed by atoms with E-state index in [1.54, 1.807) is 16.9 Å². The van der Waals surface area contributed by atoms with Crippen LogP contribution in [0.1, 0.15) is 23.3 Å². The summed E-state index contributed by atoms with van der Waals surface area (Å²) in [7, 11) is 1.81. The molecule has 2 rings (SSSR count). The van der Waals surface area contributed by atoms with Crippen LogP contribution in [0.4, 0.5) is 0 Å². The van der Waals surface area contributed by atoms with E-state index in [2.05, 4.69) is 15.7 Å². The third-order valence-corrected chi connectivity index (χ3v) is 2.90. The van der Waals surface area contributed by atoms with Crippen molar-refractivity contribution in [2.75, 3.05) is 19.6 Å². The lowest BCUT2D eigenvalue weighted by atomic mass is 10.00. The molecule has 0 bridgehead atoms. The number of aromatic nitrogens is 2. The van der Waals surface area contributed by atoms with Gasteiger partial charge in [-0.3, -0.25) is 9.48 Å². The Morgan fingerprint density at radius 2 is 2.62 bits per heavy atom. The van der Waals surface area contributed by atoms with Crippen LogP contribution in [0, 0.1) is 5.92 Å². The standard InChI is InChI=1S/C11H18N4O/c1-15-6-4-10(14-15)11(16)13-8-9-3-2-5-12-7-9/h4,6,9,12H,2-3,5,7-8H2,1H3,(H,13,16). The zero-order valence-corrected chi connectivity index (χ0v) is 9.57. The summed E-state index contributed by atoms with van der Waals surface area (Å²) in [6, 6.07) is 1.73. The highest BCUT2D eigenvalue weighted by Gasteiger charge is 2.15. The minimum atomic E-state index is -0.0776. The molecule has 5 nitrogen and oxygen atoms in total. The van der Waals surface area contributed by atoms with Crippen LogP contribution in [-0.2, 0) is 7.05 Å². The van der Waals surface area contributed by atoms with Gasteiger partial charge in [0.2, 0.25) is 0 Å². The molecule has 1 fully saturated rings. The molecule has 0 saturated carbocycles. The van der Waals surface area contributed by atoms with Gasteiger partial charge in [0.05, 0.1) is 0 Å². The average molecular weight is 222 g/mol. The zero-order valence-electron chi connectivity index (χ0n) is 9.57. The number of nitrogens with zero attached hydrogens (tertiary/aromatic N) is 2. The lowest BCUT2D eigenvalue weighted by Gasteiger charge is -2.22. The first-order valence-electron chi connectivity index (χ1n) is 5.74. The molecule has 0 radical (unpaired) electrons. The van der Waals surface area contributed by atoms with E-state index in [0.717, 1.165) is 19.6 Å². The lowest BCUT2D eigenvalue weighted by Crippen LogP contribution is -2.38. The van der Waals surface area contributed by atoms with Crippen LogP contribution in [0.25, 0.3) is 0 Å². The highest BCUT2D eigenvalue weighted by atomic mass is 16.1. The van der Waals surface area contributed by atoms with E-state index in [9.17, 15) is 4.79 Å². The Balaban J connectivity index is 1.79. The highest BCUT2D eigenvalue weighted by Crippen LogP contribution is 2.08. The Kier molecular flexibility index (Phi) is 3.56. The van der Waals surface area contributed by atoms with E-state index < -0.39 is 0 Å². The molecule has 0 spiro atoms. The van der Waals surface area contributed by atoms with Crippen molar-refractivity contribution in [2.45, 2.75) is 12.8 Å². The van der Waals surface area contributed by atoms with Crippen molar-refractivity contribution in [3.8, 4) is 0 Å². The molecular weight excluding hydrogens is 204 g/mol. The summed E-state index contributed by atoms with van der Waals surface area (Å²) in [5.41, 5.74) is 0.492. The van der Waals surface area contributed by atoms with Gasteiger partial charge in [-0.2, -0.15) is 5.10 Å². The van der Waals surface area contributed by atoms with Gasteiger partial charge in [0.1, 0.15) is 5.69 Å². The number of carbonyl (C=O) groups is 1. The molecule has 1 aliphatic rings. The van der Waals surface area contributed by atoms with Gasteiger partial charge < -0.3 is 10.6 Å². The maximum atomic E-state index is 11.7. The Labute approximate surface area is 95.2 Å². The predicted molar refractivity (Wildman–Crippen MR) is 61.1 cm³/mol. The second-order valence-electron chi connectivity index (χ2n) is 4.30. The minimum Gasteiger partial charge on any atom is -0.350 e. The summed E-state index contributed by atoms with van der Waals surface area (Å²) in [5, 5.41) is 10.3. The fourth-order valence-corrected chi connectivity index (χ4v) is 1.96. The molecular formula is C11H18N4O. The normalized spacial score (nSPS) is 20.7. The summed E-state index contributed by atoms with van der Waals surface area (Å²) in [6.45, 7) is 2.84. The maximum Gasteiger partial charge on any atom is 0.271 e. The van der Waals surface area contributed by atoms with Crippen LogP contribution in [0.15, 0.2) is 12.3 Å². The molecule has 1 aromatic rings. The molecule has 16 heavy (non-hydrogen) atoms. The van der Waals surface area contributed by atoms with Gasteiger partial charge in [0.25, 0.3) is 5.91 Å². The number of piperidine rings is 1. The molecule has 2 N–H and O–H groups in total. The first-order valence-corrected chi connectivity index (χ1v) is 5.74. The molecule has 1 unspecified atom stereocenters. The van der Waals surface area contributed by atoms with Crippen molar-refractivity contribution in [3.05, 3.63) is 18.0 Å². The first-order chi connectivity index (χ1) is 7.75. The number of carbonyl (C=O) groups excluding carboxylic acids is 1. The number of hydrogen-bond donors (Lipinski definition) is 2. The zero-order chi connectivity index (χ0) is 11.4. The van der Waals surface area contributed by atoms with Gasteiger partial charge in [0.15, 0.2) is 0 Å². The predicted octanol–water partition coefficient (Wildman–Crippen LogP) is 0.150. The molecule has 2 heterocycles. The number of nitrogens with one attached hydrogen (secondary N) is 2. The molecule has 1 saturated heterocycles. The van der Waals surface area contributed by atoms with E-state index in [-0.39, 0.29) is 5.91 Å². The van der Waals surface area contributed by atoms with Crippen LogP contribution in [0.3, 0.4) is 0 Å². The van der Waals surface area contributed by atoms with Crippen molar-refractivity contribution in [2.24, 2.45) is 13.0 Å². The van der Waals surface area contributed by atoms with Gasteiger partial charge in [-0.25, -0.2) is 0 Å². The van der Waals surface area contributed by atoms with Gasteiger partial charge in [-0.15, -0.1) is 0 Å². The number of aryl methyl sites for hydroxylation is 1. The Morgan fingerprint density at radius 3 is 3.25 bits per heavy atom. The third-order valence-electron chi connectivity index (χ3n) is 2.90. The molecule has 0 aliphatic carbocycles. The van der Waals surface area contributed by atoms with E-state index in [1.165, 1.54) is 12.8 Å². The van der Waals surface area contributed by atoms with E-state index in [1.807, 2.05) is 7.05 Å². The van der Waals surface area contributed by atoms with Crippen molar-refractivity contribution < 1.29 is 4.79 Å². The summed E-state index contributed by atoms with van der Waals surface area (Å²) >= 11 is 0.